The van der Waals surface area contributed by atoms with Crippen LogP contribution in [0.2, 0.25) is 0 Å². The van der Waals surface area contributed by atoms with E-state index in [9.17, 15) is 14.0 Å². The van der Waals surface area contributed by atoms with Gasteiger partial charge in [-0.15, -0.1) is 0 Å². The summed E-state index contributed by atoms with van der Waals surface area (Å²) in [5.41, 5.74) is -0.607. The molecule has 1 aromatic carbocycles. The van der Waals surface area contributed by atoms with Gasteiger partial charge >= 0.3 is 5.69 Å². The highest BCUT2D eigenvalue weighted by Crippen LogP contribution is 2.09. The second-order valence-electron chi connectivity index (χ2n) is 5.18. The van der Waals surface area contributed by atoms with Crippen molar-refractivity contribution in [3.05, 3.63) is 44.9 Å². The normalized spacial score (nSPS) is 19.4. The molecule has 106 valence electrons. The van der Waals surface area contributed by atoms with Crippen molar-refractivity contribution in [3.8, 4) is 0 Å². The number of hydrogen-bond donors (Lipinski definition) is 2. The van der Waals surface area contributed by atoms with E-state index in [2.05, 4.69) is 10.3 Å². The molecule has 0 saturated carbocycles. The van der Waals surface area contributed by atoms with Crippen LogP contribution in [0.5, 0.6) is 0 Å². The summed E-state index contributed by atoms with van der Waals surface area (Å²) in [6, 6.07) is 3.95. The van der Waals surface area contributed by atoms with Crippen LogP contribution in [0.15, 0.2) is 27.8 Å². The first-order chi connectivity index (χ1) is 9.65. The SMILES string of the molecule is O=c1[nH]c2cc(F)ccc2c(=O)n1CC1CCCCN1. The van der Waals surface area contributed by atoms with E-state index < -0.39 is 11.5 Å². The lowest BCUT2D eigenvalue weighted by atomic mass is 10.1. The van der Waals surface area contributed by atoms with Crippen LogP contribution < -0.4 is 16.6 Å². The standard InChI is InChI=1S/C14H16FN3O2/c15-9-4-5-11-12(7-9)17-14(20)18(13(11)19)8-10-3-1-2-6-16-10/h4-5,7,10,16H,1-3,6,8H2,(H,17,20). The van der Waals surface area contributed by atoms with Gasteiger partial charge in [-0.3, -0.25) is 9.36 Å². The highest BCUT2D eigenvalue weighted by Gasteiger charge is 2.16. The minimum Gasteiger partial charge on any atom is -0.312 e. The minimum absolute atomic E-state index is 0.139. The molecule has 2 N–H and O–H groups in total. The number of benzene rings is 1. The maximum absolute atomic E-state index is 13.1. The fourth-order valence-corrected chi connectivity index (χ4v) is 2.69. The van der Waals surface area contributed by atoms with Crippen molar-refractivity contribution < 1.29 is 4.39 Å². The van der Waals surface area contributed by atoms with Crippen LogP contribution in [-0.2, 0) is 6.54 Å². The summed E-state index contributed by atoms with van der Waals surface area (Å²) in [5, 5.41) is 3.64. The molecule has 3 rings (SSSR count). The second kappa shape index (κ2) is 5.20. The van der Waals surface area contributed by atoms with E-state index in [1.54, 1.807) is 0 Å². The average Bonchev–Trinajstić information content (AvgIpc) is 2.44. The van der Waals surface area contributed by atoms with Gasteiger partial charge in [0.05, 0.1) is 10.9 Å². The Morgan fingerprint density at radius 2 is 2.15 bits per heavy atom. The van der Waals surface area contributed by atoms with Gasteiger partial charge < -0.3 is 10.3 Å². The van der Waals surface area contributed by atoms with Crippen molar-refractivity contribution in [2.75, 3.05) is 6.54 Å². The van der Waals surface area contributed by atoms with Gasteiger partial charge in [-0.1, -0.05) is 6.42 Å². The van der Waals surface area contributed by atoms with Crippen molar-refractivity contribution in [1.29, 1.82) is 0 Å². The molecular formula is C14H16FN3O2. The second-order valence-corrected chi connectivity index (χ2v) is 5.18. The van der Waals surface area contributed by atoms with Gasteiger partial charge in [0, 0.05) is 12.6 Å². The van der Waals surface area contributed by atoms with E-state index in [0.717, 1.165) is 25.8 Å². The van der Waals surface area contributed by atoms with Gasteiger partial charge in [0.25, 0.3) is 5.56 Å². The zero-order valence-corrected chi connectivity index (χ0v) is 11.0. The molecule has 1 fully saturated rings. The molecule has 2 heterocycles. The first kappa shape index (κ1) is 13.1. The number of fused-ring (bicyclic) bond motifs is 1. The van der Waals surface area contributed by atoms with Crippen molar-refractivity contribution in [1.82, 2.24) is 14.9 Å². The number of nitrogens with one attached hydrogen (secondary N) is 2. The number of piperidine rings is 1. The van der Waals surface area contributed by atoms with Crippen LogP contribution in [0.25, 0.3) is 10.9 Å². The number of aromatic nitrogens is 2. The number of aromatic amines is 1. The van der Waals surface area contributed by atoms with Gasteiger partial charge in [-0.05, 0) is 37.6 Å². The quantitative estimate of drug-likeness (QED) is 0.859. The first-order valence-corrected chi connectivity index (χ1v) is 6.81. The summed E-state index contributed by atoms with van der Waals surface area (Å²) in [7, 11) is 0. The fraction of sp³-hybridized carbons (Fsp3) is 0.429. The Hall–Kier alpha value is -1.95. The van der Waals surface area contributed by atoms with Crippen LogP contribution in [0.1, 0.15) is 19.3 Å². The van der Waals surface area contributed by atoms with Crippen LogP contribution in [-0.4, -0.2) is 22.1 Å². The molecule has 20 heavy (non-hydrogen) atoms. The van der Waals surface area contributed by atoms with Gasteiger partial charge in [0.15, 0.2) is 0 Å². The number of H-pyrrole nitrogens is 1. The molecule has 1 aliphatic heterocycles. The Balaban J connectivity index is 2.04. The van der Waals surface area contributed by atoms with Crippen molar-refractivity contribution in [2.24, 2.45) is 0 Å². The molecular weight excluding hydrogens is 261 g/mol. The monoisotopic (exact) mass is 277 g/mol. The van der Waals surface area contributed by atoms with Crippen LogP contribution >= 0.6 is 0 Å². The number of hydrogen-bond acceptors (Lipinski definition) is 3. The minimum atomic E-state index is -0.486. The third kappa shape index (κ3) is 2.38. The highest BCUT2D eigenvalue weighted by molar-refractivity contribution is 5.77. The van der Waals surface area contributed by atoms with Crippen molar-refractivity contribution in [3.63, 3.8) is 0 Å². The van der Waals surface area contributed by atoms with Gasteiger partial charge in [-0.2, -0.15) is 0 Å². The predicted octanol–water partition coefficient (Wildman–Crippen LogP) is 0.971. The molecule has 0 amide bonds. The molecule has 0 spiro atoms. The zero-order chi connectivity index (χ0) is 14.1. The number of nitrogens with zero attached hydrogens (tertiary/aromatic N) is 1. The van der Waals surface area contributed by atoms with Crippen LogP contribution in [0.3, 0.4) is 0 Å². The molecule has 2 aromatic rings. The Bertz CT molecular complexity index is 744. The Morgan fingerprint density at radius 3 is 2.90 bits per heavy atom. The Labute approximate surface area is 114 Å². The van der Waals surface area contributed by atoms with Gasteiger partial charge in [-0.25, -0.2) is 9.18 Å². The van der Waals surface area contributed by atoms with E-state index in [-0.39, 0.29) is 17.1 Å². The topological polar surface area (TPSA) is 66.9 Å². The van der Waals surface area contributed by atoms with Crippen LogP contribution in [0, 0.1) is 5.82 Å². The van der Waals surface area contributed by atoms with Crippen molar-refractivity contribution in [2.45, 2.75) is 31.8 Å². The van der Waals surface area contributed by atoms with Crippen molar-refractivity contribution >= 4 is 10.9 Å². The Kier molecular flexibility index (Phi) is 3.40. The van der Waals surface area contributed by atoms with Gasteiger partial charge in [0.1, 0.15) is 5.82 Å². The van der Waals surface area contributed by atoms with E-state index in [1.165, 1.54) is 22.8 Å². The molecule has 6 heteroatoms. The lowest BCUT2D eigenvalue weighted by molar-refractivity contribution is 0.355. The molecule has 1 atom stereocenters. The van der Waals surface area contributed by atoms with Gasteiger partial charge in [0.2, 0.25) is 0 Å². The van der Waals surface area contributed by atoms with Crippen LogP contribution in [0.4, 0.5) is 4.39 Å². The molecule has 0 bridgehead atoms. The number of rotatable bonds is 2. The molecule has 0 radical (unpaired) electrons. The summed E-state index contributed by atoms with van der Waals surface area (Å²) in [4.78, 5) is 26.9. The number of halogens is 1. The van der Waals surface area contributed by atoms with E-state index in [1.807, 2.05) is 0 Å². The summed E-state index contributed by atoms with van der Waals surface area (Å²) < 4.78 is 14.3. The molecule has 1 unspecified atom stereocenters. The average molecular weight is 277 g/mol. The predicted molar refractivity (Wildman–Crippen MR) is 74.4 cm³/mol. The highest BCUT2D eigenvalue weighted by atomic mass is 19.1. The molecule has 1 aliphatic rings. The summed E-state index contributed by atoms with van der Waals surface area (Å²) in [5.74, 6) is -0.473. The van der Waals surface area contributed by atoms with E-state index in [4.69, 9.17) is 0 Å². The maximum atomic E-state index is 13.1. The molecule has 1 saturated heterocycles. The smallest absolute Gasteiger partial charge is 0.312 e. The van der Waals surface area contributed by atoms with E-state index >= 15 is 0 Å². The molecule has 0 aliphatic carbocycles. The lowest BCUT2D eigenvalue weighted by Gasteiger charge is -2.23. The summed E-state index contributed by atoms with van der Waals surface area (Å²) in [6.07, 6.45) is 3.18. The fourth-order valence-electron chi connectivity index (χ4n) is 2.69. The third-order valence-corrected chi connectivity index (χ3v) is 3.76. The third-order valence-electron chi connectivity index (χ3n) is 3.76. The molecule has 1 aromatic heterocycles. The largest absolute Gasteiger partial charge is 0.328 e. The summed E-state index contributed by atoms with van der Waals surface area (Å²) >= 11 is 0. The first-order valence-electron chi connectivity index (χ1n) is 6.81. The molecule has 5 nitrogen and oxygen atoms in total. The Morgan fingerprint density at radius 1 is 1.30 bits per heavy atom. The lowest BCUT2D eigenvalue weighted by Crippen LogP contribution is -2.44. The van der Waals surface area contributed by atoms with E-state index in [0.29, 0.717) is 11.9 Å². The summed E-state index contributed by atoms with van der Waals surface area (Å²) in [6.45, 7) is 1.26. The zero-order valence-electron chi connectivity index (χ0n) is 11.0. The maximum Gasteiger partial charge on any atom is 0.328 e.